The molecule has 0 fully saturated rings. The van der Waals surface area contributed by atoms with Gasteiger partial charge in [-0.2, -0.15) is 0 Å². The third kappa shape index (κ3) is 4.02. The second-order valence-electron chi connectivity index (χ2n) is 6.98. The third-order valence-electron chi connectivity index (χ3n) is 5.28. The van der Waals surface area contributed by atoms with Crippen molar-refractivity contribution in [2.24, 2.45) is 0 Å². The molecule has 0 unspecified atom stereocenters. The van der Waals surface area contributed by atoms with Crippen molar-refractivity contribution in [1.82, 2.24) is 14.5 Å². The molecule has 148 valence electrons. The highest BCUT2D eigenvalue weighted by atomic mass is 32.1. The number of likely N-dealkylation sites (N-methyl/N-ethyl adjacent to an activating group) is 1. The van der Waals surface area contributed by atoms with Gasteiger partial charge in [-0.1, -0.05) is 74.5 Å². The lowest BCUT2D eigenvalue weighted by atomic mass is 10.2. The Morgan fingerprint density at radius 1 is 0.931 bits per heavy atom. The van der Waals surface area contributed by atoms with Crippen LogP contribution in [0.1, 0.15) is 13.8 Å². The van der Waals surface area contributed by atoms with Crippen LogP contribution < -0.4 is 5.56 Å². The number of thiophene rings is 1. The summed E-state index contributed by atoms with van der Waals surface area (Å²) in [6.45, 7) is 7.70. The van der Waals surface area contributed by atoms with Gasteiger partial charge in [-0.05, 0) is 24.7 Å². The molecule has 29 heavy (non-hydrogen) atoms. The van der Waals surface area contributed by atoms with Gasteiger partial charge in [-0.15, -0.1) is 11.3 Å². The van der Waals surface area contributed by atoms with Gasteiger partial charge in [0.25, 0.3) is 5.56 Å². The van der Waals surface area contributed by atoms with Crippen LogP contribution in [-0.4, -0.2) is 34.1 Å². The Balaban J connectivity index is 1.86. The molecule has 5 heteroatoms. The second kappa shape index (κ2) is 8.72. The fourth-order valence-electron chi connectivity index (χ4n) is 3.56. The zero-order valence-electron chi connectivity index (χ0n) is 16.8. The van der Waals surface area contributed by atoms with Crippen molar-refractivity contribution in [3.8, 4) is 21.8 Å². The quantitative estimate of drug-likeness (QED) is 0.429. The molecule has 0 bridgehead atoms. The monoisotopic (exact) mass is 403 g/mol. The van der Waals surface area contributed by atoms with Gasteiger partial charge in [0.2, 0.25) is 0 Å². The van der Waals surface area contributed by atoms with E-state index < -0.39 is 0 Å². The van der Waals surface area contributed by atoms with E-state index in [0.717, 1.165) is 46.3 Å². The van der Waals surface area contributed by atoms with E-state index in [0.29, 0.717) is 11.9 Å². The lowest BCUT2D eigenvalue weighted by Crippen LogP contribution is -2.32. The summed E-state index contributed by atoms with van der Waals surface area (Å²) in [6.07, 6.45) is 0. The van der Waals surface area contributed by atoms with Gasteiger partial charge in [0, 0.05) is 23.5 Å². The molecule has 2 heterocycles. The molecule has 0 amide bonds. The summed E-state index contributed by atoms with van der Waals surface area (Å²) in [5.74, 6) is 0.747. The van der Waals surface area contributed by atoms with E-state index in [9.17, 15) is 4.79 Å². The number of benzene rings is 2. The molecule has 0 saturated heterocycles. The topological polar surface area (TPSA) is 38.1 Å². The predicted molar refractivity (Wildman–Crippen MR) is 123 cm³/mol. The van der Waals surface area contributed by atoms with E-state index >= 15 is 0 Å². The summed E-state index contributed by atoms with van der Waals surface area (Å²) in [5.41, 5.74) is 2.13. The fourth-order valence-corrected chi connectivity index (χ4v) is 4.58. The Bertz CT molecular complexity index is 1150. The molecule has 0 aliphatic carbocycles. The van der Waals surface area contributed by atoms with E-state index in [1.165, 1.54) is 0 Å². The van der Waals surface area contributed by atoms with Crippen LogP contribution in [0, 0.1) is 0 Å². The Labute approximate surface area is 175 Å². The lowest BCUT2D eigenvalue weighted by Gasteiger charge is -2.20. The summed E-state index contributed by atoms with van der Waals surface area (Å²) in [5, 5.41) is 0.702. The maximum Gasteiger partial charge on any atom is 0.262 e. The van der Waals surface area contributed by atoms with Crippen molar-refractivity contribution in [3.63, 3.8) is 0 Å². The van der Waals surface area contributed by atoms with Crippen LogP contribution in [-0.2, 0) is 6.54 Å². The Morgan fingerprint density at radius 2 is 1.55 bits per heavy atom. The molecule has 0 N–H and O–H groups in total. The molecule has 0 spiro atoms. The van der Waals surface area contributed by atoms with Gasteiger partial charge in [-0.25, -0.2) is 4.98 Å². The number of aromatic nitrogens is 2. The molecular weight excluding hydrogens is 378 g/mol. The van der Waals surface area contributed by atoms with E-state index in [2.05, 4.69) is 30.9 Å². The largest absolute Gasteiger partial charge is 0.302 e. The number of nitrogens with zero attached hydrogens (tertiary/aromatic N) is 3. The number of rotatable bonds is 7. The molecule has 4 aromatic rings. The summed E-state index contributed by atoms with van der Waals surface area (Å²) >= 11 is 1.58. The highest BCUT2D eigenvalue weighted by molar-refractivity contribution is 7.21. The lowest BCUT2D eigenvalue weighted by molar-refractivity contribution is 0.289. The minimum atomic E-state index is 0.0411. The smallest absolute Gasteiger partial charge is 0.262 e. The second-order valence-corrected chi connectivity index (χ2v) is 8.01. The zero-order valence-corrected chi connectivity index (χ0v) is 17.7. The van der Waals surface area contributed by atoms with Gasteiger partial charge in [-0.3, -0.25) is 9.36 Å². The van der Waals surface area contributed by atoms with Crippen LogP contribution in [0.2, 0.25) is 0 Å². The maximum absolute atomic E-state index is 13.5. The van der Waals surface area contributed by atoms with Crippen LogP contribution in [0.25, 0.3) is 32.0 Å². The normalized spacial score (nSPS) is 11.4. The SMILES string of the molecule is CCN(CC)CCn1c(-c2ccccc2)nc2sc(-c3ccccc3)cc2c1=O. The van der Waals surface area contributed by atoms with Gasteiger partial charge >= 0.3 is 0 Å². The van der Waals surface area contributed by atoms with E-state index in [4.69, 9.17) is 4.98 Å². The van der Waals surface area contributed by atoms with Crippen LogP contribution in [0.3, 0.4) is 0 Å². The first-order chi connectivity index (χ1) is 14.2. The average Bonchev–Trinajstić information content (AvgIpc) is 3.21. The molecule has 0 aliphatic rings. The Hall–Kier alpha value is -2.76. The first kappa shape index (κ1) is 19.6. The molecule has 2 aromatic heterocycles. The first-order valence-corrected chi connectivity index (χ1v) is 10.9. The predicted octanol–water partition coefficient (Wildman–Crippen LogP) is 5.13. The van der Waals surface area contributed by atoms with Crippen LogP contribution in [0.5, 0.6) is 0 Å². The minimum Gasteiger partial charge on any atom is -0.302 e. The molecular formula is C24H25N3OS. The van der Waals surface area contributed by atoms with Crippen molar-refractivity contribution < 1.29 is 0 Å². The van der Waals surface area contributed by atoms with E-state index in [1.807, 2.05) is 59.2 Å². The van der Waals surface area contributed by atoms with Crippen molar-refractivity contribution in [2.45, 2.75) is 20.4 Å². The zero-order chi connectivity index (χ0) is 20.2. The summed E-state index contributed by atoms with van der Waals surface area (Å²) in [4.78, 5) is 22.6. The van der Waals surface area contributed by atoms with Crippen molar-refractivity contribution in [1.29, 1.82) is 0 Å². The standard InChI is InChI=1S/C24H25N3OS/c1-3-26(4-2)15-16-27-22(19-13-9-6-10-14-19)25-23-20(24(27)28)17-21(29-23)18-11-7-5-8-12-18/h5-14,17H,3-4,15-16H2,1-2H3. The van der Waals surface area contributed by atoms with Crippen molar-refractivity contribution in [3.05, 3.63) is 77.1 Å². The van der Waals surface area contributed by atoms with E-state index in [-0.39, 0.29) is 5.56 Å². The molecule has 0 aliphatic heterocycles. The first-order valence-electron chi connectivity index (χ1n) is 10.1. The van der Waals surface area contributed by atoms with Gasteiger partial charge < -0.3 is 4.90 Å². The molecule has 0 radical (unpaired) electrons. The summed E-state index contributed by atoms with van der Waals surface area (Å²) in [6, 6.07) is 22.2. The highest BCUT2D eigenvalue weighted by Gasteiger charge is 2.16. The number of fused-ring (bicyclic) bond motifs is 1. The average molecular weight is 404 g/mol. The van der Waals surface area contributed by atoms with E-state index in [1.54, 1.807) is 11.3 Å². The van der Waals surface area contributed by atoms with Crippen LogP contribution in [0.15, 0.2) is 71.5 Å². The number of hydrogen-bond donors (Lipinski definition) is 0. The maximum atomic E-state index is 13.5. The summed E-state index contributed by atoms with van der Waals surface area (Å²) in [7, 11) is 0. The highest BCUT2D eigenvalue weighted by Crippen LogP contribution is 2.32. The van der Waals surface area contributed by atoms with Crippen molar-refractivity contribution in [2.75, 3.05) is 19.6 Å². The molecule has 2 aromatic carbocycles. The third-order valence-corrected chi connectivity index (χ3v) is 6.35. The molecule has 0 atom stereocenters. The molecule has 4 rings (SSSR count). The molecule has 0 saturated carbocycles. The Morgan fingerprint density at radius 3 is 2.17 bits per heavy atom. The van der Waals surface area contributed by atoms with Crippen molar-refractivity contribution >= 4 is 21.6 Å². The molecule has 4 nitrogen and oxygen atoms in total. The van der Waals surface area contributed by atoms with Gasteiger partial charge in [0.1, 0.15) is 10.7 Å². The Kier molecular flexibility index (Phi) is 5.88. The van der Waals surface area contributed by atoms with Crippen LogP contribution >= 0.6 is 11.3 Å². The van der Waals surface area contributed by atoms with Crippen LogP contribution in [0.4, 0.5) is 0 Å². The fraction of sp³-hybridized carbons (Fsp3) is 0.250. The minimum absolute atomic E-state index is 0.0411. The van der Waals surface area contributed by atoms with Gasteiger partial charge in [0.15, 0.2) is 0 Å². The van der Waals surface area contributed by atoms with Gasteiger partial charge in [0.05, 0.1) is 5.39 Å². The summed E-state index contributed by atoms with van der Waals surface area (Å²) < 4.78 is 1.84. The number of hydrogen-bond acceptors (Lipinski definition) is 4.